The van der Waals surface area contributed by atoms with Crippen LogP contribution in [0.3, 0.4) is 0 Å². The topological polar surface area (TPSA) is 158 Å². The van der Waals surface area contributed by atoms with Crippen LogP contribution < -0.4 is 21.7 Å². The van der Waals surface area contributed by atoms with E-state index in [4.69, 9.17) is 15.2 Å². The molecule has 12 heteroatoms. The van der Waals surface area contributed by atoms with Crippen molar-refractivity contribution < 1.29 is 29.0 Å². The predicted octanol–water partition coefficient (Wildman–Crippen LogP) is 5.94. The Kier molecular flexibility index (Phi) is 21.0. The lowest BCUT2D eigenvalue weighted by molar-refractivity contribution is -0.145. The average molecular weight is 837 g/mol. The highest BCUT2D eigenvalue weighted by molar-refractivity contribution is 5.85. The summed E-state index contributed by atoms with van der Waals surface area (Å²) in [5, 5.41) is 19.6. The number of benzene rings is 2. The number of rotatable bonds is 26. The van der Waals surface area contributed by atoms with Crippen LogP contribution in [0.15, 0.2) is 54.6 Å². The Hall–Kier alpha value is -3.55. The van der Waals surface area contributed by atoms with Gasteiger partial charge < -0.3 is 46.1 Å². The van der Waals surface area contributed by atoms with Gasteiger partial charge in [-0.1, -0.05) is 97.4 Å². The smallest absolute Gasteiger partial charge is 0.326 e. The summed E-state index contributed by atoms with van der Waals surface area (Å²) in [6.07, 6.45) is 2.59. The van der Waals surface area contributed by atoms with E-state index in [2.05, 4.69) is 93.7 Å². The number of carboxylic acid groups (broad SMARTS) is 1. The van der Waals surface area contributed by atoms with Crippen LogP contribution in [0, 0.1) is 35.5 Å². The number of carbonyl (C=O) groups excluding carboxylic acids is 2. The SMILES string of the molecule is CC[C@H](C)[C@@H](C(NC)[C@@H](C(C)C)C(N)[C@H](C(C)C)N(C)CCc1ccc(NC)cc1)[C@@H](CC(=O)N1CCC[C@H]1[C@H](OC)[C@@H](C)C(=O)N[C@@H](Cc1ccccc1)C(=O)O)OC. The second-order valence-corrected chi connectivity index (χ2v) is 17.9. The van der Waals surface area contributed by atoms with E-state index >= 15 is 0 Å². The number of nitrogens with two attached hydrogens (primary N) is 1. The molecule has 3 rings (SSSR count). The minimum atomic E-state index is -1.11. The van der Waals surface area contributed by atoms with Gasteiger partial charge in [-0.05, 0) is 80.3 Å². The van der Waals surface area contributed by atoms with E-state index in [0.717, 1.165) is 37.1 Å². The minimum absolute atomic E-state index is 0.0299. The van der Waals surface area contributed by atoms with E-state index in [1.54, 1.807) is 21.1 Å². The number of hydrogen-bond acceptors (Lipinski definition) is 9. The third kappa shape index (κ3) is 13.5. The van der Waals surface area contributed by atoms with Crippen LogP contribution in [0.4, 0.5) is 5.69 Å². The van der Waals surface area contributed by atoms with Crippen LogP contribution in [0.2, 0.25) is 0 Å². The summed E-state index contributed by atoms with van der Waals surface area (Å²) in [6.45, 7) is 16.7. The molecule has 60 heavy (non-hydrogen) atoms. The maximum Gasteiger partial charge on any atom is 0.326 e. The molecule has 12 nitrogen and oxygen atoms in total. The van der Waals surface area contributed by atoms with Gasteiger partial charge in [0, 0.05) is 70.5 Å². The second-order valence-electron chi connectivity index (χ2n) is 17.9. The minimum Gasteiger partial charge on any atom is -0.480 e. The number of ether oxygens (including phenoxy) is 2. The van der Waals surface area contributed by atoms with Gasteiger partial charge in [-0.3, -0.25) is 9.59 Å². The first-order valence-electron chi connectivity index (χ1n) is 22.4. The zero-order valence-electron chi connectivity index (χ0n) is 38.8. The van der Waals surface area contributed by atoms with E-state index in [1.807, 2.05) is 49.3 Å². The number of aliphatic carboxylic acids is 1. The Bertz CT molecular complexity index is 1580. The summed E-state index contributed by atoms with van der Waals surface area (Å²) in [5.74, 6) is -1.46. The van der Waals surface area contributed by atoms with Crippen molar-refractivity contribution in [2.75, 3.05) is 53.8 Å². The highest BCUT2D eigenvalue weighted by Gasteiger charge is 2.46. The Labute approximate surface area is 362 Å². The number of likely N-dealkylation sites (tertiary alicyclic amines) is 1. The van der Waals surface area contributed by atoms with Crippen molar-refractivity contribution in [1.82, 2.24) is 20.4 Å². The lowest BCUT2D eigenvalue weighted by Crippen LogP contribution is -2.61. The monoisotopic (exact) mass is 837 g/mol. The number of methoxy groups -OCH3 is 2. The summed E-state index contributed by atoms with van der Waals surface area (Å²) < 4.78 is 12.3. The van der Waals surface area contributed by atoms with Crippen LogP contribution in [0.25, 0.3) is 0 Å². The van der Waals surface area contributed by atoms with Gasteiger partial charge >= 0.3 is 5.97 Å². The Balaban J connectivity index is 1.84. The van der Waals surface area contributed by atoms with Gasteiger partial charge in [0.15, 0.2) is 0 Å². The summed E-state index contributed by atoms with van der Waals surface area (Å²) in [5.41, 5.74) is 10.7. The molecule has 0 saturated carbocycles. The van der Waals surface area contributed by atoms with Gasteiger partial charge in [0.1, 0.15) is 6.04 Å². The van der Waals surface area contributed by atoms with E-state index < -0.39 is 36.0 Å². The largest absolute Gasteiger partial charge is 0.480 e. The molecular weight excluding hydrogens is 757 g/mol. The molecule has 0 radical (unpaired) electrons. The van der Waals surface area contributed by atoms with Crippen molar-refractivity contribution in [3.8, 4) is 0 Å². The van der Waals surface area contributed by atoms with Gasteiger partial charge in [-0.25, -0.2) is 4.79 Å². The fourth-order valence-corrected chi connectivity index (χ4v) is 10.0. The highest BCUT2D eigenvalue weighted by Crippen LogP contribution is 2.37. The molecule has 0 spiro atoms. The number of nitrogens with zero attached hydrogens (tertiary/aromatic N) is 2. The van der Waals surface area contributed by atoms with Crippen LogP contribution in [0.1, 0.15) is 85.3 Å². The Morgan fingerprint density at radius 1 is 0.917 bits per heavy atom. The summed E-state index contributed by atoms with van der Waals surface area (Å²) in [7, 11) is 9.40. The van der Waals surface area contributed by atoms with Crippen molar-refractivity contribution in [2.24, 2.45) is 41.2 Å². The lowest BCUT2D eigenvalue weighted by Gasteiger charge is -2.48. The molecule has 338 valence electrons. The van der Waals surface area contributed by atoms with Gasteiger partial charge in [0.05, 0.1) is 30.6 Å². The van der Waals surface area contributed by atoms with Crippen LogP contribution in [-0.4, -0.2) is 124 Å². The summed E-state index contributed by atoms with van der Waals surface area (Å²) in [4.78, 5) is 44.7. The first-order chi connectivity index (χ1) is 28.5. The van der Waals surface area contributed by atoms with E-state index in [-0.39, 0.29) is 66.6 Å². The molecule has 2 aromatic carbocycles. The summed E-state index contributed by atoms with van der Waals surface area (Å²) in [6, 6.07) is 16.3. The van der Waals surface area contributed by atoms with Gasteiger partial charge in [0.2, 0.25) is 11.8 Å². The highest BCUT2D eigenvalue weighted by atomic mass is 16.5. The molecule has 2 amide bonds. The molecule has 1 aliphatic heterocycles. The number of carbonyl (C=O) groups is 3. The first kappa shape index (κ1) is 50.8. The zero-order valence-corrected chi connectivity index (χ0v) is 38.8. The number of amides is 2. The van der Waals surface area contributed by atoms with Crippen LogP contribution in [0.5, 0.6) is 0 Å². The molecule has 1 fully saturated rings. The fraction of sp³-hybridized carbons (Fsp3) is 0.688. The van der Waals surface area contributed by atoms with Crippen molar-refractivity contribution in [3.63, 3.8) is 0 Å². The number of nitrogens with one attached hydrogen (secondary N) is 3. The van der Waals surface area contributed by atoms with E-state index in [1.165, 1.54) is 5.56 Å². The van der Waals surface area contributed by atoms with Crippen molar-refractivity contribution in [3.05, 3.63) is 65.7 Å². The lowest BCUT2D eigenvalue weighted by atomic mass is 9.68. The fourth-order valence-electron chi connectivity index (χ4n) is 10.0. The number of anilines is 1. The molecule has 6 N–H and O–H groups in total. The molecule has 0 bridgehead atoms. The quantitative estimate of drug-likeness (QED) is 0.0769. The third-order valence-corrected chi connectivity index (χ3v) is 13.4. The zero-order chi connectivity index (χ0) is 44.7. The number of carboxylic acids is 1. The molecule has 2 aromatic rings. The molecular formula is C48H80N6O6. The van der Waals surface area contributed by atoms with Crippen LogP contribution in [-0.2, 0) is 36.7 Å². The average Bonchev–Trinajstić information content (AvgIpc) is 3.72. The molecule has 2 unspecified atom stereocenters. The maximum atomic E-state index is 14.5. The van der Waals surface area contributed by atoms with Gasteiger partial charge in [-0.2, -0.15) is 0 Å². The molecule has 0 aromatic heterocycles. The number of likely N-dealkylation sites (N-methyl/N-ethyl adjacent to an activating group) is 1. The first-order valence-corrected chi connectivity index (χ1v) is 22.4. The molecule has 1 aliphatic rings. The molecule has 1 heterocycles. The number of hydrogen-bond donors (Lipinski definition) is 5. The Morgan fingerprint density at radius 2 is 1.57 bits per heavy atom. The van der Waals surface area contributed by atoms with E-state index in [0.29, 0.717) is 18.9 Å². The third-order valence-electron chi connectivity index (χ3n) is 13.4. The van der Waals surface area contributed by atoms with Gasteiger partial charge in [-0.15, -0.1) is 0 Å². The second kappa shape index (κ2) is 24.8. The Morgan fingerprint density at radius 3 is 2.08 bits per heavy atom. The molecule has 0 aliphatic carbocycles. The standard InChI is InChI=1S/C48H80N6O6/c1-13-32(6)42(44(51-9)41(30(2)3)43(49)45(31(4)5)53(10)27-25-34-21-23-36(50-8)24-22-34)39(59-11)29-40(55)54-26-17-20-38(54)46(60-12)33(7)47(56)52-37(48(57)58)28-35-18-15-14-16-19-35/h14-16,18-19,21-24,30-33,37-39,41-46,50-51H,13,17,20,25-29,49H2,1-12H3,(H,52,56)(H,57,58)/t32-,33+,37-,38-,39+,41-,42+,43?,44?,45-,46+/m0/s1. The van der Waals surface area contributed by atoms with Crippen molar-refractivity contribution in [1.29, 1.82) is 0 Å². The van der Waals surface area contributed by atoms with Crippen molar-refractivity contribution >= 4 is 23.5 Å². The van der Waals surface area contributed by atoms with Gasteiger partial charge in [0.25, 0.3) is 0 Å². The normalized spacial score (nSPS) is 19.6. The van der Waals surface area contributed by atoms with Crippen LogP contribution >= 0.6 is 0 Å². The summed E-state index contributed by atoms with van der Waals surface area (Å²) >= 11 is 0. The van der Waals surface area contributed by atoms with E-state index in [9.17, 15) is 19.5 Å². The molecule has 11 atom stereocenters. The van der Waals surface area contributed by atoms with Crippen molar-refractivity contribution in [2.45, 2.75) is 129 Å². The maximum absolute atomic E-state index is 14.5. The predicted molar refractivity (Wildman–Crippen MR) is 243 cm³/mol. The molecule has 1 saturated heterocycles.